The Balaban J connectivity index is 5.25. The van der Waals surface area contributed by atoms with Crippen molar-refractivity contribution in [3.63, 3.8) is 0 Å². The molecule has 17 nitrogen and oxygen atoms in total. The molecule has 0 amide bonds. The van der Waals surface area contributed by atoms with Gasteiger partial charge in [0.2, 0.25) is 0 Å². The molecule has 636 valence electrons. The Morgan fingerprint density at radius 1 is 0.252 bits per heavy atom. The maximum atomic E-state index is 13.2. The van der Waals surface area contributed by atoms with E-state index in [1.54, 1.807) is 0 Å². The molecule has 3 N–H and O–H groups in total. The summed E-state index contributed by atoms with van der Waals surface area (Å²) in [5, 5.41) is 10.7. The first kappa shape index (κ1) is 105. The van der Waals surface area contributed by atoms with Gasteiger partial charge in [-0.1, -0.05) is 426 Å². The molecule has 0 fully saturated rings. The number of phosphoric ester groups is 2. The maximum absolute atomic E-state index is 13.2. The van der Waals surface area contributed by atoms with Crippen LogP contribution < -0.4 is 0 Å². The van der Waals surface area contributed by atoms with E-state index in [0.717, 1.165) is 95.8 Å². The second-order valence-corrected chi connectivity index (χ2v) is 35.0. The van der Waals surface area contributed by atoms with Crippen molar-refractivity contribution in [2.75, 3.05) is 39.6 Å². The van der Waals surface area contributed by atoms with Gasteiger partial charge in [-0.05, 0) is 31.6 Å². The molecule has 0 saturated heterocycles. The first-order valence-corrected chi connectivity index (χ1v) is 48.6. The van der Waals surface area contributed by atoms with Crippen molar-refractivity contribution in [3.8, 4) is 0 Å². The highest BCUT2D eigenvalue weighted by molar-refractivity contribution is 7.47. The number of phosphoric acid groups is 2. The third kappa shape index (κ3) is 81.9. The Morgan fingerprint density at radius 2 is 0.430 bits per heavy atom. The van der Waals surface area contributed by atoms with Gasteiger partial charge < -0.3 is 33.8 Å². The summed E-state index contributed by atoms with van der Waals surface area (Å²) in [6.07, 6.45) is 75.0. The summed E-state index contributed by atoms with van der Waals surface area (Å²) in [7, 11) is -9.93. The number of hydrogen-bond acceptors (Lipinski definition) is 15. The highest BCUT2D eigenvalue weighted by atomic mass is 31.2. The molecule has 0 radical (unpaired) electrons. The van der Waals surface area contributed by atoms with E-state index in [1.807, 2.05) is 0 Å². The smallest absolute Gasteiger partial charge is 0.462 e. The van der Waals surface area contributed by atoms with Crippen molar-refractivity contribution in [1.29, 1.82) is 0 Å². The normalized spacial score (nSPS) is 13.7. The molecule has 107 heavy (non-hydrogen) atoms. The number of aliphatic hydroxyl groups excluding tert-OH is 1. The van der Waals surface area contributed by atoms with Gasteiger partial charge in [0.05, 0.1) is 26.4 Å². The third-order valence-electron chi connectivity index (χ3n) is 20.8. The lowest BCUT2D eigenvalue weighted by Crippen LogP contribution is -2.30. The van der Waals surface area contributed by atoms with E-state index in [2.05, 4.69) is 34.6 Å². The Labute approximate surface area is 658 Å². The molecular weight excluding hydrogens is 1390 g/mol. The van der Waals surface area contributed by atoms with Gasteiger partial charge in [-0.25, -0.2) is 9.13 Å². The number of esters is 4. The van der Waals surface area contributed by atoms with Crippen molar-refractivity contribution < 1.29 is 80.2 Å². The number of unbranched alkanes of at least 4 members (excludes halogenated alkanes) is 60. The van der Waals surface area contributed by atoms with Crippen molar-refractivity contribution in [2.45, 2.75) is 496 Å². The van der Waals surface area contributed by atoms with Crippen LogP contribution in [0.5, 0.6) is 0 Å². The molecule has 19 heteroatoms. The summed E-state index contributed by atoms with van der Waals surface area (Å²) in [5.74, 6) is -1.31. The first-order valence-electron chi connectivity index (χ1n) is 45.6. The lowest BCUT2D eigenvalue weighted by molar-refractivity contribution is -0.161. The van der Waals surface area contributed by atoms with E-state index >= 15 is 0 Å². The number of rotatable bonds is 88. The Morgan fingerprint density at radius 3 is 0.636 bits per heavy atom. The molecule has 0 saturated carbocycles. The van der Waals surface area contributed by atoms with Gasteiger partial charge in [-0.2, -0.15) is 0 Å². The molecule has 0 bridgehead atoms. The molecule has 5 atom stereocenters. The maximum Gasteiger partial charge on any atom is 0.472 e. The van der Waals surface area contributed by atoms with Crippen molar-refractivity contribution in [3.05, 3.63) is 0 Å². The fourth-order valence-corrected chi connectivity index (χ4v) is 15.4. The van der Waals surface area contributed by atoms with Gasteiger partial charge in [0.25, 0.3) is 0 Å². The summed E-state index contributed by atoms with van der Waals surface area (Å²) >= 11 is 0. The van der Waals surface area contributed by atoms with Crippen LogP contribution in [0.25, 0.3) is 0 Å². The summed E-state index contributed by atoms with van der Waals surface area (Å²) in [4.78, 5) is 73.3. The van der Waals surface area contributed by atoms with E-state index < -0.39 is 97.5 Å². The zero-order chi connectivity index (χ0) is 78.3. The largest absolute Gasteiger partial charge is 0.472 e. The van der Waals surface area contributed by atoms with Crippen LogP contribution in [0.4, 0.5) is 0 Å². The zero-order valence-electron chi connectivity index (χ0n) is 70.3. The quantitative estimate of drug-likeness (QED) is 0.0222. The molecule has 0 heterocycles. The summed E-state index contributed by atoms with van der Waals surface area (Å²) < 4.78 is 69.0. The predicted octanol–water partition coefficient (Wildman–Crippen LogP) is 27.2. The van der Waals surface area contributed by atoms with E-state index in [-0.39, 0.29) is 25.7 Å². The molecule has 0 spiro atoms. The fourth-order valence-electron chi connectivity index (χ4n) is 13.8. The standard InChI is InChI=1S/C88H172O17P2/c1-6-9-12-15-18-21-24-27-29-31-33-35-37-39-43-48-53-58-63-68-73-87(92)104-84(78-99-86(91)72-67-62-57-52-47-42-38-36-34-32-30-28-25-22-19-16-13-10-7-2)80-103-107(96,97)101-76-82(89)75-100-106(94,95)102-79-83(77-98-85(90)71-66-61-56-51-46-26-23-20-17-14-11-8-3)105-88(93)74-69-64-59-54-49-44-40-41-45-50-55-60-65-70-81(4)5/h81-84,89H,6-80H2,1-5H3,(H,94,95)(H,96,97)/t82-,83+,84+/m0/s1. The van der Waals surface area contributed by atoms with Crippen LogP contribution in [0.15, 0.2) is 0 Å². The number of carbonyl (C=O) groups excluding carboxylic acids is 4. The van der Waals surface area contributed by atoms with Crippen LogP contribution >= 0.6 is 15.6 Å². The number of ether oxygens (including phenoxy) is 4. The molecule has 2 unspecified atom stereocenters. The van der Waals surface area contributed by atoms with E-state index in [9.17, 15) is 43.2 Å². The summed E-state index contributed by atoms with van der Waals surface area (Å²) in [5.41, 5.74) is 0. The van der Waals surface area contributed by atoms with E-state index in [4.69, 9.17) is 37.0 Å². The molecule has 0 aromatic carbocycles. The Hall–Kier alpha value is -1.94. The van der Waals surface area contributed by atoms with Crippen molar-refractivity contribution in [2.24, 2.45) is 5.92 Å². The molecule has 0 rings (SSSR count). The van der Waals surface area contributed by atoms with Crippen LogP contribution in [0.1, 0.15) is 478 Å². The number of carbonyl (C=O) groups is 4. The van der Waals surface area contributed by atoms with Crippen molar-refractivity contribution >= 4 is 39.5 Å². The van der Waals surface area contributed by atoms with Crippen LogP contribution in [-0.2, 0) is 65.4 Å². The zero-order valence-corrected chi connectivity index (χ0v) is 72.1. The van der Waals surface area contributed by atoms with Gasteiger partial charge in [0, 0.05) is 25.7 Å². The number of aliphatic hydroxyl groups is 1. The SMILES string of the molecule is CCCCCCCCCCCCCCCCCCCCCCC(=O)O[C@H](COC(=O)CCCCCCCCCCCCCCCCCCCCC)COP(=O)(O)OC[C@@H](O)COP(=O)(O)OC[C@@H](COC(=O)CCCCCCCCCCCCCC)OC(=O)CCCCCCCCCCCCCCCC(C)C. The van der Waals surface area contributed by atoms with Crippen molar-refractivity contribution in [1.82, 2.24) is 0 Å². The average Bonchev–Trinajstić information content (AvgIpc) is 0.900. The molecule has 0 aromatic heterocycles. The van der Waals surface area contributed by atoms with Crippen LogP contribution in [0.2, 0.25) is 0 Å². The topological polar surface area (TPSA) is 237 Å². The van der Waals surface area contributed by atoms with Crippen LogP contribution in [0.3, 0.4) is 0 Å². The Kier molecular flexibility index (Phi) is 79.2. The predicted molar refractivity (Wildman–Crippen MR) is 442 cm³/mol. The van der Waals surface area contributed by atoms with E-state index in [1.165, 1.54) is 302 Å². The van der Waals surface area contributed by atoms with Gasteiger partial charge in [0.1, 0.15) is 19.3 Å². The monoisotopic (exact) mass is 1560 g/mol. The summed E-state index contributed by atoms with van der Waals surface area (Å²) in [6.45, 7) is 7.40. The minimum absolute atomic E-state index is 0.108. The van der Waals surface area contributed by atoms with Gasteiger partial charge in [0.15, 0.2) is 12.2 Å². The third-order valence-corrected chi connectivity index (χ3v) is 22.7. The van der Waals surface area contributed by atoms with Gasteiger partial charge in [-0.15, -0.1) is 0 Å². The van der Waals surface area contributed by atoms with Gasteiger partial charge >= 0.3 is 39.5 Å². The lowest BCUT2D eigenvalue weighted by Gasteiger charge is -2.21. The van der Waals surface area contributed by atoms with Crippen LogP contribution in [0, 0.1) is 5.92 Å². The minimum atomic E-state index is -4.97. The molecule has 0 aromatic rings. The van der Waals surface area contributed by atoms with Crippen LogP contribution in [-0.4, -0.2) is 96.7 Å². The van der Waals surface area contributed by atoms with E-state index in [0.29, 0.717) is 25.7 Å². The highest BCUT2D eigenvalue weighted by Crippen LogP contribution is 2.45. The molecule has 0 aliphatic rings. The fraction of sp³-hybridized carbons (Fsp3) is 0.955. The van der Waals surface area contributed by atoms with Gasteiger partial charge in [-0.3, -0.25) is 37.3 Å². The average molecular weight is 1560 g/mol. The highest BCUT2D eigenvalue weighted by Gasteiger charge is 2.30. The Bertz CT molecular complexity index is 2030. The minimum Gasteiger partial charge on any atom is -0.462 e. The molecule has 0 aliphatic carbocycles. The second kappa shape index (κ2) is 80.7. The second-order valence-electron chi connectivity index (χ2n) is 32.1. The molecular formula is C88H172O17P2. The number of hydrogen-bond donors (Lipinski definition) is 3. The molecule has 0 aliphatic heterocycles. The lowest BCUT2D eigenvalue weighted by atomic mass is 10.0. The summed E-state index contributed by atoms with van der Waals surface area (Å²) in [6, 6.07) is 0. The first-order chi connectivity index (χ1) is 52.0.